The van der Waals surface area contributed by atoms with Crippen molar-refractivity contribution in [1.82, 2.24) is 25.5 Å². The number of hydrogen-bond donors (Lipinski definition) is 1. The van der Waals surface area contributed by atoms with Crippen LogP contribution in [-0.2, 0) is 16.0 Å². The molecule has 1 aromatic heterocycles. The second-order valence-corrected chi connectivity index (χ2v) is 9.25. The lowest BCUT2D eigenvalue weighted by Crippen LogP contribution is -2.48. The van der Waals surface area contributed by atoms with Crippen LogP contribution >= 0.6 is 0 Å². The van der Waals surface area contributed by atoms with Gasteiger partial charge in [-0.05, 0) is 73.4 Å². The number of hydrogen-bond acceptors (Lipinski definition) is 6. The minimum Gasteiger partial charge on any atom is -0.466 e. The van der Waals surface area contributed by atoms with E-state index in [1.807, 2.05) is 13.0 Å². The van der Waals surface area contributed by atoms with Crippen molar-refractivity contribution in [2.75, 3.05) is 13.7 Å². The number of halogens is 3. The summed E-state index contributed by atoms with van der Waals surface area (Å²) >= 11 is 0. The van der Waals surface area contributed by atoms with E-state index in [4.69, 9.17) is 0 Å². The average Bonchev–Trinajstić information content (AvgIpc) is 3.32. The number of aromatic nitrogens is 4. The van der Waals surface area contributed by atoms with E-state index in [-0.39, 0.29) is 23.7 Å². The van der Waals surface area contributed by atoms with Crippen LogP contribution in [0.5, 0.6) is 0 Å². The highest BCUT2D eigenvalue weighted by Crippen LogP contribution is 2.42. The van der Waals surface area contributed by atoms with Crippen LogP contribution in [0.25, 0.3) is 17.5 Å². The monoisotopic (exact) mass is 485 g/mol. The number of carbonyl (C=O) groups is 1. The maximum atomic E-state index is 15.5. The quantitative estimate of drug-likeness (QED) is 0.411. The topological polar surface area (TPSA) is 84.0 Å². The number of esters is 1. The van der Waals surface area contributed by atoms with Gasteiger partial charge in [-0.2, -0.15) is 5.21 Å². The van der Waals surface area contributed by atoms with Crippen LogP contribution in [0.1, 0.15) is 49.1 Å². The molecule has 2 heterocycles. The van der Waals surface area contributed by atoms with Gasteiger partial charge >= 0.3 is 5.97 Å². The molecule has 2 unspecified atom stereocenters. The standard InChI is InChI=1S/C25H26F3N5O2/c1-14-9-17-12-16(24-29-31-32-30-24)6-7-18(17)23(33(14)13-25(2,3)28)22-19(26)10-15(11-20(22)27)5-8-21(34)35-4/h5-8,10-12,14,23H,9,13H2,1-4H3,(H,29,30,31,32)/b8-5+. The van der Waals surface area contributed by atoms with Gasteiger partial charge in [0.05, 0.1) is 13.2 Å². The van der Waals surface area contributed by atoms with E-state index in [1.165, 1.54) is 27.0 Å². The van der Waals surface area contributed by atoms with Gasteiger partial charge in [-0.25, -0.2) is 18.0 Å². The van der Waals surface area contributed by atoms with Crippen molar-refractivity contribution >= 4 is 12.0 Å². The molecule has 0 spiro atoms. The van der Waals surface area contributed by atoms with Gasteiger partial charge in [-0.3, -0.25) is 4.90 Å². The maximum absolute atomic E-state index is 15.5. The fourth-order valence-corrected chi connectivity index (χ4v) is 4.54. The van der Waals surface area contributed by atoms with Crippen LogP contribution in [0.4, 0.5) is 13.2 Å². The Kier molecular flexibility index (Phi) is 6.75. The maximum Gasteiger partial charge on any atom is 0.330 e. The molecule has 4 rings (SSSR count). The molecule has 0 saturated heterocycles. The summed E-state index contributed by atoms with van der Waals surface area (Å²) in [5.74, 6) is -1.81. The van der Waals surface area contributed by atoms with Crippen molar-refractivity contribution in [2.24, 2.45) is 0 Å². The molecule has 2 aromatic carbocycles. The number of ether oxygens (including phenoxy) is 1. The number of carbonyl (C=O) groups excluding carboxylic acids is 1. The van der Waals surface area contributed by atoms with E-state index in [2.05, 4.69) is 25.4 Å². The van der Waals surface area contributed by atoms with Crippen LogP contribution in [-0.4, -0.2) is 56.9 Å². The zero-order chi connectivity index (χ0) is 25.3. The molecule has 0 radical (unpaired) electrons. The molecule has 184 valence electrons. The molecule has 1 aliphatic heterocycles. The Bertz CT molecular complexity index is 1230. The van der Waals surface area contributed by atoms with Gasteiger partial charge in [-0.15, -0.1) is 10.2 Å². The SMILES string of the molecule is COC(=O)/C=C/c1cc(F)c(C2c3ccc(-c4nn[nH]n4)cc3CC(C)N2CC(C)(C)F)c(F)c1. The highest BCUT2D eigenvalue weighted by molar-refractivity contribution is 5.86. The van der Waals surface area contributed by atoms with Gasteiger partial charge in [0.2, 0.25) is 5.82 Å². The summed E-state index contributed by atoms with van der Waals surface area (Å²) in [5.41, 5.74) is 0.658. The van der Waals surface area contributed by atoms with Gasteiger partial charge in [0, 0.05) is 29.8 Å². The minimum atomic E-state index is -1.59. The van der Waals surface area contributed by atoms with Crippen molar-refractivity contribution in [3.8, 4) is 11.4 Å². The summed E-state index contributed by atoms with van der Waals surface area (Å²) in [4.78, 5) is 13.2. The number of H-pyrrole nitrogens is 1. The van der Waals surface area contributed by atoms with Gasteiger partial charge in [0.1, 0.15) is 17.3 Å². The number of nitrogens with one attached hydrogen (secondary N) is 1. The lowest BCUT2D eigenvalue weighted by atomic mass is 9.83. The van der Waals surface area contributed by atoms with Crippen molar-refractivity contribution < 1.29 is 22.7 Å². The average molecular weight is 486 g/mol. The molecule has 0 bridgehead atoms. The predicted molar refractivity (Wildman–Crippen MR) is 124 cm³/mol. The third kappa shape index (κ3) is 5.27. The summed E-state index contributed by atoms with van der Waals surface area (Å²) in [6.45, 7) is 4.78. The van der Waals surface area contributed by atoms with E-state index in [9.17, 15) is 9.18 Å². The third-order valence-electron chi connectivity index (χ3n) is 6.00. The summed E-state index contributed by atoms with van der Waals surface area (Å²) < 4.78 is 50.3. The van der Waals surface area contributed by atoms with Crippen molar-refractivity contribution in [3.05, 3.63) is 70.3 Å². The highest BCUT2D eigenvalue weighted by atomic mass is 19.1. The Morgan fingerprint density at radius 3 is 2.57 bits per heavy atom. The van der Waals surface area contributed by atoms with Gasteiger partial charge in [0.25, 0.3) is 0 Å². The Morgan fingerprint density at radius 2 is 1.97 bits per heavy atom. The van der Waals surface area contributed by atoms with Crippen molar-refractivity contribution in [2.45, 2.75) is 44.9 Å². The van der Waals surface area contributed by atoms with Crippen LogP contribution in [0.15, 0.2) is 36.4 Å². The molecule has 35 heavy (non-hydrogen) atoms. The van der Waals surface area contributed by atoms with Crippen LogP contribution in [0.3, 0.4) is 0 Å². The van der Waals surface area contributed by atoms with Gasteiger partial charge in [0.15, 0.2) is 0 Å². The predicted octanol–water partition coefficient (Wildman–Crippen LogP) is 4.42. The molecular weight excluding hydrogens is 459 g/mol. The number of tetrazole rings is 1. The molecule has 10 heteroatoms. The molecule has 1 aliphatic rings. The number of fused-ring (bicyclic) bond motifs is 1. The van der Waals surface area contributed by atoms with Crippen LogP contribution in [0.2, 0.25) is 0 Å². The van der Waals surface area contributed by atoms with E-state index >= 15 is 8.78 Å². The second kappa shape index (κ2) is 9.61. The van der Waals surface area contributed by atoms with E-state index in [0.29, 0.717) is 23.4 Å². The largest absolute Gasteiger partial charge is 0.466 e. The molecule has 1 N–H and O–H groups in total. The Morgan fingerprint density at radius 1 is 1.26 bits per heavy atom. The minimum absolute atomic E-state index is 0.0201. The molecule has 0 aliphatic carbocycles. The zero-order valence-electron chi connectivity index (χ0n) is 19.8. The number of benzene rings is 2. The van der Waals surface area contributed by atoms with Crippen LogP contribution in [0, 0.1) is 11.6 Å². The normalized spacial score (nSPS) is 18.6. The molecule has 3 aromatic rings. The van der Waals surface area contributed by atoms with Crippen molar-refractivity contribution in [3.63, 3.8) is 0 Å². The number of methoxy groups -OCH3 is 1. The zero-order valence-corrected chi connectivity index (χ0v) is 19.8. The number of rotatable bonds is 6. The first-order chi connectivity index (χ1) is 16.6. The Hall–Kier alpha value is -3.53. The van der Waals surface area contributed by atoms with E-state index in [1.54, 1.807) is 17.0 Å². The summed E-state index contributed by atoms with van der Waals surface area (Å²) in [6, 6.07) is 6.66. The first kappa shape index (κ1) is 24.6. The fourth-order valence-electron chi connectivity index (χ4n) is 4.54. The molecule has 2 atom stereocenters. The molecular formula is C25H26F3N5O2. The number of aromatic amines is 1. The second-order valence-electron chi connectivity index (χ2n) is 9.25. The van der Waals surface area contributed by atoms with E-state index < -0.39 is 29.3 Å². The summed E-state index contributed by atoms with van der Waals surface area (Å²) in [6.07, 6.45) is 2.92. The lowest BCUT2D eigenvalue weighted by molar-refractivity contribution is -0.134. The van der Waals surface area contributed by atoms with Crippen LogP contribution < -0.4 is 0 Å². The molecule has 0 fully saturated rings. The van der Waals surface area contributed by atoms with Gasteiger partial charge in [-0.1, -0.05) is 12.1 Å². The van der Waals surface area contributed by atoms with Gasteiger partial charge < -0.3 is 4.74 Å². The third-order valence-corrected chi connectivity index (χ3v) is 6.00. The lowest BCUT2D eigenvalue weighted by Gasteiger charge is -2.44. The Balaban J connectivity index is 1.84. The fraction of sp³-hybridized carbons (Fsp3) is 0.360. The van der Waals surface area contributed by atoms with Crippen molar-refractivity contribution in [1.29, 1.82) is 0 Å². The highest BCUT2D eigenvalue weighted by Gasteiger charge is 2.39. The Labute approximate surface area is 201 Å². The summed E-state index contributed by atoms with van der Waals surface area (Å²) in [5, 5.41) is 14.0. The van der Waals surface area contributed by atoms with E-state index in [0.717, 1.165) is 23.8 Å². The first-order valence-corrected chi connectivity index (χ1v) is 11.1. The first-order valence-electron chi connectivity index (χ1n) is 11.1. The number of nitrogens with zero attached hydrogens (tertiary/aromatic N) is 4. The molecule has 0 saturated carbocycles. The number of alkyl halides is 1. The smallest absolute Gasteiger partial charge is 0.330 e. The molecule has 7 nitrogen and oxygen atoms in total. The molecule has 0 amide bonds. The summed E-state index contributed by atoms with van der Waals surface area (Å²) in [7, 11) is 1.21.